The van der Waals surface area contributed by atoms with E-state index >= 15 is 0 Å². The average molecular weight is 267 g/mol. The molecule has 0 saturated carbocycles. The molecule has 0 amide bonds. The highest BCUT2D eigenvalue weighted by Gasteiger charge is 2.29. The highest BCUT2D eigenvalue weighted by atomic mass is 16.5. The first-order chi connectivity index (χ1) is 9.01. The molecule has 106 valence electrons. The van der Waals surface area contributed by atoms with Crippen molar-refractivity contribution >= 4 is 5.97 Å². The highest BCUT2D eigenvalue weighted by molar-refractivity contribution is 5.79. The van der Waals surface area contributed by atoms with E-state index in [2.05, 4.69) is 0 Å². The number of nitrogens with two attached hydrogens (primary N) is 1. The van der Waals surface area contributed by atoms with Crippen molar-refractivity contribution < 1.29 is 19.0 Å². The summed E-state index contributed by atoms with van der Waals surface area (Å²) in [6.45, 7) is 4.01. The zero-order chi connectivity index (χ0) is 14.3. The van der Waals surface area contributed by atoms with Crippen LogP contribution in [0, 0.1) is 0 Å². The Hall–Kier alpha value is -1.75. The number of esters is 1. The highest BCUT2D eigenvalue weighted by Crippen LogP contribution is 2.26. The van der Waals surface area contributed by atoms with Gasteiger partial charge in [-0.2, -0.15) is 0 Å². The van der Waals surface area contributed by atoms with Crippen LogP contribution in [-0.2, 0) is 9.53 Å². The van der Waals surface area contributed by atoms with E-state index in [9.17, 15) is 4.79 Å². The van der Waals surface area contributed by atoms with Gasteiger partial charge >= 0.3 is 5.97 Å². The molecule has 1 unspecified atom stereocenters. The zero-order valence-electron chi connectivity index (χ0n) is 11.6. The van der Waals surface area contributed by atoms with Gasteiger partial charge in [0.1, 0.15) is 5.54 Å². The third-order valence-electron chi connectivity index (χ3n) is 2.69. The largest absolute Gasteiger partial charge is 0.493 e. The van der Waals surface area contributed by atoms with Crippen LogP contribution >= 0.6 is 0 Å². The van der Waals surface area contributed by atoms with E-state index < -0.39 is 11.5 Å². The van der Waals surface area contributed by atoms with Crippen LogP contribution in [0.2, 0.25) is 0 Å². The fourth-order valence-electron chi connectivity index (χ4n) is 1.51. The van der Waals surface area contributed by atoms with E-state index in [0.29, 0.717) is 31.1 Å². The molecule has 19 heavy (non-hydrogen) atoms. The molecule has 0 heterocycles. The minimum atomic E-state index is -1.04. The van der Waals surface area contributed by atoms with E-state index in [1.54, 1.807) is 27.0 Å². The van der Waals surface area contributed by atoms with Gasteiger partial charge in [-0.25, -0.2) is 0 Å². The van der Waals surface area contributed by atoms with Gasteiger partial charge in [0.15, 0.2) is 11.5 Å². The van der Waals surface area contributed by atoms with Gasteiger partial charge in [-0.15, -0.1) is 0 Å². The minimum absolute atomic E-state index is 0.312. The second-order valence-electron chi connectivity index (χ2n) is 4.39. The predicted octanol–water partition coefficient (Wildman–Crippen LogP) is 1.74. The number of benzene rings is 1. The molecule has 0 spiro atoms. The van der Waals surface area contributed by atoms with Crippen LogP contribution in [0.25, 0.3) is 0 Å². The van der Waals surface area contributed by atoms with Gasteiger partial charge in [-0.3, -0.25) is 4.79 Å². The molecule has 2 N–H and O–H groups in total. The lowest BCUT2D eigenvalue weighted by atomic mass is 10.0. The summed E-state index contributed by atoms with van der Waals surface area (Å²) in [5.74, 6) is 0.862. The number of carbonyl (C=O) groups is 1. The average Bonchev–Trinajstić information content (AvgIpc) is 2.39. The molecule has 1 aromatic carbocycles. The number of ether oxygens (including phenoxy) is 3. The summed E-state index contributed by atoms with van der Waals surface area (Å²) in [5.41, 5.74) is 4.85. The topological polar surface area (TPSA) is 70.8 Å². The Balaban J connectivity index is 2.51. The normalized spacial score (nSPS) is 13.5. The Bertz CT molecular complexity index is 418. The van der Waals surface area contributed by atoms with Crippen LogP contribution in [0.15, 0.2) is 24.3 Å². The Morgan fingerprint density at radius 3 is 2.53 bits per heavy atom. The Labute approximate surface area is 113 Å². The Morgan fingerprint density at radius 1 is 1.32 bits per heavy atom. The quantitative estimate of drug-likeness (QED) is 0.762. The van der Waals surface area contributed by atoms with Crippen molar-refractivity contribution in [3.05, 3.63) is 24.3 Å². The number of hydrogen-bond acceptors (Lipinski definition) is 5. The van der Waals surface area contributed by atoms with E-state index in [0.717, 1.165) is 0 Å². The standard InChI is InChI=1S/C14H21NO4/c1-4-18-13(16)14(2,15)9-10-19-12-8-6-5-7-11(12)17-3/h5-8H,4,9-10,15H2,1-3H3. The Kier molecular flexibility index (Phi) is 5.63. The first kappa shape index (κ1) is 15.3. The van der Waals surface area contributed by atoms with Crippen LogP contribution in [0.4, 0.5) is 0 Å². The summed E-state index contributed by atoms with van der Waals surface area (Å²) in [4.78, 5) is 11.6. The van der Waals surface area contributed by atoms with Crippen molar-refractivity contribution in [1.29, 1.82) is 0 Å². The maximum absolute atomic E-state index is 11.6. The summed E-state index contributed by atoms with van der Waals surface area (Å²) in [6.07, 6.45) is 0.365. The summed E-state index contributed by atoms with van der Waals surface area (Å²) < 4.78 is 15.7. The molecular formula is C14H21NO4. The molecule has 0 saturated heterocycles. The molecule has 0 aliphatic heterocycles. The molecule has 5 heteroatoms. The zero-order valence-corrected chi connectivity index (χ0v) is 11.6. The van der Waals surface area contributed by atoms with Crippen LogP contribution in [0.1, 0.15) is 20.3 Å². The number of rotatable bonds is 7. The Morgan fingerprint density at radius 2 is 1.95 bits per heavy atom. The maximum atomic E-state index is 11.6. The van der Waals surface area contributed by atoms with Gasteiger partial charge in [0.05, 0.1) is 20.3 Å². The van der Waals surface area contributed by atoms with Crippen molar-refractivity contribution in [2.24, 2.45) is 5.73 Å². The van der Waals surface area contributed by atoms with Gasteiger partial charge in [-0.05, 0) is 26.0 Å². The number of para-hydroxylation sites is 2. The third kappa shape index (κ3) is 4.44. The van der Waals surface area contributed by atoms with Gasteiger partial charge < -0.3 is 19.9 Å². The molecule has 0 aliphatic rings. The molecular weight excluding hydrogens is 246 g/mol. The minimum Gasteiger partial charge on any atom is -0.493 e. The van der Waals surface area contributed by atoms with Crippen molar-refractivity contribution in [2.45, 2.75) is 25.8 Å². The number of hydrogen-bond donors (Lipinski definition) is 1. The SMILES string of the molecule is CCOC(=O)C(C)(N)CCOc1ccccc1OC. The first-order valence-electron chi connectivity index (χ1n) is 6.23. The number of carbonyl (C=O) groups excluding carboxylic acids is 1. The summed E-state index contributed by atoms with van der Waals surface area (Å²) in [6, 6.07) is 7.32. The fourth-order valence-corrected chi connectivity index (χ4v) is 1.51. The van der Waals surface area contributed by atoms with E-state index in [1.165, 1.54) is 0 Å². The molecule has 0 fully saturated rings. The van der Waals surface area contributed by atoms with Gasteiger partial charge in [-0.1, -0.05) is 12.1 Å². The second-order valence-corrected chi connectivity index (χ2v) is 4.39. The van der Waals surface area contributed by atoms with Crippen LogP contribution < -0.4 is 15.2 Å². The van der Waals surface area contributed by atoms with Crippen molar-refractivity contribution in [3.63, 3.8) is 0 Å². The third-order valence-corrected chi connectivity index (χ3v) is 2.69. The van der Waals surface area contributed by atoms with Crippen molar-refractivity contribution in [1.82, 2.24) is 0 Å². The lowest BCUT2D eigenvalue weighted by Gasteiger charge is -2.22. The van der Waals surface area contributed by atoms with Gasteiger partial charge in [0, 0.05) is 6.42 Å². The molecule has 5 nitrogen and oxygen atoms in total. The summed E-state index contributed by atoms with van der Waals surface area (Å²) in [5, 5.41) is 0. The van der Waals surface area contributed by atoms with Crippen LogP contribution in [0.3, 0.4) is 0 Å². The summed E-state index contributed by atoms with van der Waals surface area (Å²) in [7, 11) is 1.58. The second kappa shape index (κ2) is 6.99. The van der Waals surface area contributed by atoms with E-state index in [1.807, 2.05) is 18.2 Å². The molecule has 1 atom stereocenters. The van der Waals surface area contributed by atoms with Crippen molar-refractivity contribution in [2.75, 3.05) is 20.3 Å². The van der Waals surface area contributed by atoms with E-state index in [4.69, 9.17) is 19.9 Å². The fraction of sp³-hybridized carbons (Fsp3) is 0.500. The molecule has 0 aromatic heterocycles. The monoisotopic (exact) mass is 267 g/mol. The van der Waals surface area contributed by atoms with Crippen LogP contribution in [0.5, 0.6) is 11.5 Å². The maximum Gasteiger partial charge on any atom is 0.325 e. The lowest BCUT2D eigenvalue weighted by Crippen LogP contribution is -2.47. The molecule has 0 radical (unpaired) electrons. The summed E-state index contributed by atoms with van der Waals surface area (Å²) >= 11 is 0. The molecule has 0 aliphatic carbocycles. The lowest BCUT2D eigenvalue weighted by molar-refractivity contribution is -0.149. The van der Waals surface area contributed by atoms with Gasteiger partial charge in [0.2, 0.25) is 0 Å². The van der Waals surface area contributed by atoms with Gasteiger partial charge in [0.25, 0.3) is 0 Å². The van der Waals surface area contributed by atoms with Crippen LogP contribution in [-0.4, -0.2) is 31.8 Å². The number of methoxy groups -OCH3 is 1. The predicted molar refractivity (Wildman–Crippen MR) is 72.3 cm³/mol. The van der Waals surface area contributed by atoms with Crippen molar-refractivity contribution in [3.8, 4) is 11.5 Å². The smallest absolute Gasteiger partial charge is 0.325 e. The molecule has 1 rings (SSSR count). The molecule has 1 aromatic rings. The van der Waals surface area contributed by atoms with E-state index in [-0.39, 0.29) is 0 Å². The first-order valence-corrected chi connectivity index (χ1v) is 6.23. The molecule has 0 bridgehead atoms.